The quantitative estimate of drug-likeness (QED) is 0.501. The Labute approximate surface area is 126 Å². The fourth-order valence-electron chi connectivity index (χ4n) is 2.10. The van der Waals surface area contributed by atoms with Crippen molar-refractivity contribution in [3.05, 3.63) is 30.1 Å². The molecule has 8 heteroatoms. The second kappa shape index (κ2) is 7.10. The van der Waals surface area contributed by atoms with E-state index in [4.69, 9.17) is 5.11 Å². The van der Waals surface area contributed by atoms with Gasteiger partial charge < -0.3 is 5.11 Å². The molecule has 0 unspecified atom stereocenters. The molecule has 1 aliphatic rings. The van der Waals surface area contributed by atoms with Crippen LogP contribution in [0.15, 0.2) is 24.3 Å². The van der Waals surface area contributed by atoms with Crippen LogP contribution in [0.4, 0.5) is 10.1 Å². The highest BCUT2D eigenvalue weighted by Gasteiger charge is 2.39. The van der Waals surface area contributed by atoms with E-state index in [2.05, 4.69) is 10.9 Å². The molecule has 1 aromatic carbocycles. The van der Waals surface area contributed by atoms with Gasteiger partial charge in [-0.3, -0.25) is 19.8 Å². The van der Waals surface area contributed by atoms with Crippen LogP contribution in [0.2, 0.25) is 0 Å². The van der Waals surface area contributed by atoms with E-state index in [0.29, 0.717) is 6.42 Å². The first-order valence-electron chi connectivity index (χ1n) is 6.80. The lowest BCUT2D eigenvalue weighted by Gasteiger charge is -2.15. The van der Waals surface area contributed by atoms with Gasteiger partial charge in [-0.25, -0.2) is 14.7 Å². The summed E-state index contributed by atoms with van der Waals surface area (Å²) in [6, 6.07) is 4.28. The second-order valence-electron chi connectivity index (χ2n) is 4.82. The molecule has 1 saturated heterocycles. The minimum absolute atomic E-state index is 0.103. The SMILES string of the molecule is O=C(CCCO)NN[C@@H]1CC(=O)N(c2cccc(F)c2)C1=O. The molecular weight excluding hydrogens is 293 g/mol. The summed E-state index contributed by atoms with van der Waals surface area (Å²) < 4.78 is 13.2. The standard InChI is InChI=1S/C14H16FN3O4/c15-9-3-1-4-10(7-9)18-13(21)8-11(14(18)22)16-17-12(20)5-2-6-19/h1,3-4,7,11,16,19H,2,5-6,8H2,(H,17,20)/t11-/m1/s1. The zero-order valence-corrected chi connectivity index (χ0v) is 11.7. The Balaban J connectivity index is 1.98. The maximum Gasteiger partial charge on any atom is 0.253 e. The van der Waals surface area contributed by atoms with Gasteiger partial charge in [-0.1, -0.05) is 6.07 Å². The minimum Gasteiger partial charge on any atom is -0.396 e. The van der Waals surface area contributed by atoms with Gasteiger partial charge in [-0.05, 0) is 24.6 Å². The molecular formula is C14H16FN3O4. The maximum absolute atomic E-state index is 13.2. The zero-order chi connectivity index (χ0) is 16.1. The van der Waals surface area contributed by atoms with E-state index >= 15 is 0 Å². The number of imide groups is 1. The fourth-order valence-corrected chi connectivity index (χ4v) is 2.10. The van der Waals surface area contributed by atoms with Gasteiger partial charge in [0, 0.05) is 13.0 Å². The molecule has 7 nitrogen and oxygen atoms in total. The Hall–Kier alpha value is -2.32. The molecule has 3 N–H and O–H groups in total. The predicted molar refractivity (Wildman–Crippen MR) is 74.9 cm³/mol. The van der Waals surface area contributed by atoms with Crippen molar-refractivity contribution in [2.75, 3.05) is 11.5 Å². The lowest BCUT2D eigenvalue weighted by molar-refractivity contribution is -0.123. The van der Waals surface area contributed by atoms with Crippen LogP contribution >= 0.6 is 0 Å². The summed E-state index contributed by atoms with van der Waals surface area (Å²) in [4.78, 5) is 36.4. The number of hydrogen-bond donors (Lipinski definition) is 3. The minimum atomic E-state index is -0.895. The molecule has 1 atom stereocenters. The van der Waals surface area contributed by atoms with Gasteiger partial charge in [-0.15, -0.1) is 0 Å². The van der Waals surface area contributed by atoms with Crippen molar-refractivity contribution in [3.8, 4) is 0 Å². The molecule has 3 amide bonds. The number of rotatable bonds is 6. The Bertz CT molecular complexity index is 593. The van der Waals surface area contributed by atoms with E-state index in [1.807, 2.05) is 0 Å². The van der Waals surface area contributed by atoms with Crippen molar-refractivity contribution in [1.82, 2.24) is 10.9 Å². The largest absolute Gasteiger partial charge is 0.396 e. The van der Waals surface area contributed by atoms with Crippen LogP contribution in [0.25, 0.3) is 0 Å². The highest BCUT2D eigenvalue weighted by atomic mass is 19.1. The average molecular weight is 309 g/mol. The molecule has 0 saturated carbocycles. The summed E-state index contributed by atoms with van der Waals surface area (Å²) >= 11 is 0. The third kappa shape index (κ3) is 3.66. The number of nitrogens with zero attached hydrogens (tertiary/aromatic N) is 1. The molecule has 1 fully saturated rings. The Morgan fingerprint density at radius 2 is 2.18 bits per heavy atom. The van der Waals surface area contributed by atoms with Gasteiger partial charge in [0.05, 0.1) is 12.1 Å². The van der Waals surface area contributed by atoms with E-state index in [1.54, 1.807) is 0 Å². The predicted octanol–water partition coefficient (Wildman–Crippen LogP) is -0.149. The molecule has 1 aromatic rings. The van der Waals surface area contributed by atoms with Gasteiger partial charge in [0.25, 0.3) is 5.91 Å². The number of halogens is 1. The number of anilines is 1. The van der Waals surface area contributed by atoms with Crippen LogP contribution in [0.1, 0.15) is 19.3 Å². The van der Waals surface area contributed by atoms with Gasteiger partial charge in [0.1, 0.15) is 11.9 Å². The molecule has 0 spiro atoms. The van der Waals surface area contributed by atoms with Crippen molar-refractivity contribution in [2.24, 2.45) is 0 Å². The first-order valence-corrected chi connectivity index (χ1v) is 6.80. The smallest absolute Gasteiger partial charge is 0.253 e. The molecule has 0 bridgehead atoms. The highest BCUT2D eigenvalue weighted by Crippen LogP contribution is 2.23. The molecule has 0 radical (unpaired) electrons. The van der Waals surface area contributed by atoms with Gasteiger partial charge in [0.15, 0.2) is 0 Å². The normalized spacial score (nSPS) is 17.9. The summed E-state index contributed by atoms with van der Waals surface area (Å²) in [6.45, 7) is -0.110. The van der Waals surface area contributed by atoms with Crippen molar-refractivity contribution >= 4 is 23.4 Å². The number of nitrogens with one attached hydrogen (secondary N) is 2. The van der Waals surface area contributed by atoms with E-state index in [0.717, 1.165) is 11.0 Å². The average Bonchev–Trinajstić information content (AvgIpc) is 2.77. The molecule has 118 valence electrons. The Kier molecular flexibility index (Phi) is 5.18. The lowest BCUT2D eigenvalue weighted by atomic mass is 10.2. The molecule has 1 aliphatic heterocycles. The molecule has 1 heterocycles. The Morgan fingerprint density at radius 3 is 2.86 bits per heavy atom. The summed E-state index contributed by atoms with van der Waals surface area (Å²) in [5.74, 6) is -1.97. The monoisotopic (exact) mass is 309 g/mol. The maximum atomic E-state index is 13.2. The van der Waals surface area contributed by atoms with Crippen LogP contribution in [0.3, 0.4) is 0 Å². The van der Waals surface area contributed by atoms with Gasteiger partial charge in [-0.2, -0.15) is 0 Å². The van der Waals surface area contributed by atoms with E-state index in [1.165, 1.54) is 18.2 Å². The Morgan fingerprint density at radius 1 is 1.41 bits per heavy atom. The highest BCUT2D eigenvalue weighted by molar-refractivity contribution is 6.22. The number of aliphatic hydroxyl groups excluding tert-OH is 1. The summed E-state index contributed by atoms with van der Waals surface area (Å²) in [7, 11) is 0. The van der Waals surface area contributed by atoms with Crippen molar-refractivity contribution in [1.29, 1.82) is 0 Å². The van der Waals surface area contributed by atoms with Gasteiger partial charge >= 0.3 is 0 Å². The molecule has 0 aliphatic carbocycles. The van der Waals surface area contributed by atoms with Crippen LogP contribution in [0, 0.1) is 5.82 Å². The molecule has 2 rings (SSSR count). The van der Waals surface area contributed by atoms with Crippen LogP contribution < -0.4 is 15.8 Å². The number of amides is 3. The number of hydrogen-bond acceptors (Lipinski definition) is 5. The third-order valence-corrected chi connectivity index (χ3v) is 3.16. The van der Waals surface area contributed by atoms with E-state index in [-0.39, 0.29) is 25.1 Å². The fraction of sp³-hybridized carbons (Fsp3) is 0.357. The summed E-state index contributed by atoms with van der Waals surface area (Å²) in [5, 5.41) is 8.62. The topological polar surface area (TPSA) is 98.7 Å². The zero-order valence-electron chi connectivity index (χ0n) is 11.7. The van der Waals surface area contributed by atoms with E-state index < -0.39 is 29.6 Å². The van der Waals surface area contributed by atoms with Crippen molar-refractivity contribution < 1.29 is 23.9 Å². The molecule has 22 heavy (non-hydrogen) atoms. The van der Waals surface area contributed by atoms with Crippen molar-refractivity contribution in [3.63, 3.8) is 0 Å². The first kappa shape index (κ1) is 16.1. The third-order valence-electron chi connectivity index (χ3n) is 3.16. The number of benzene rings is 1. The number of carbonyl (C=O) groups excluding carboxylic acids is 3. The van der Waals surface area contributed by atoms with Crippen LogP contribution in [-0.2, 0) is 14.4 Å². The first-order chi connectivity index (χ1) is 10.5. The number of hydrazine groups is 1. The van der Waals surface area contributed by atoms with E-state index in [9.17, 15) is 18.8 Å². The van der Waals surface area contributed by atoms with Gasteiger partial charge in [0.2, 0.25) is 11.8 Å². The number of carbonyl (C=O) groups is 3. The number of aliphatic hydroxyl groups is 1. The summed E-state index contributed by atoms with van der Waals surface area (Å²) in [5.41, 5.74) is 4.98. The lowest BCUT2D eigenvalue weighted by Crippen LogP contribution is -2.48. The van der Waals surface area contributed by atoms with Crippen LogP contribution in [0.5, 0.6) is 0 Å². The second-order valence-corrected chi connectivity index (χ2v) is 4.82. The van der Waals surface area contributed by atoms with Crippen LogP contribution in [-0.4, -0.2) is 35.5 Å². The summed E-state index contributed by atoms with van der Waals surface area (Å²) in [6.07, 6.45) is 0.280. The molecule has 0 aromatic heterocycles. The van der Waals surface area contributed by atoms with Crippen molar-refractivity contribution in [2.45, 2.75) is 25.3 Å².